The van der Waals surface area contributed by atoms with Gasteiger partial charge in [-0.2, -0.15) is 0 Å². The number of pyridine rings is 1. The molecule has 30 heavy (non-hydrogen) atoms. The van der Waals surface area contributed by atoms with Crippen LogP contribution in [0.1, 0.15) is 6.92 Å². The maximum Gasteiger partial charge on any atom is 0.321 e. The first kappa shape index (κ1) is 19.7. The summed E-state index contributed by atoms with van der Waals surface area (Å²) in [6, 6.07) is 10.7. The third kappa shape index (κ3) is 3.78. The molecule has 2 amide bonds. The van der Waals surface area contributed by atoms with E-state index in [1.807, 2.05) is 42.2 Å². The molecule has 0 bridgehead atoms. The Labute approximate surface area is 173 Å². The van der Waals surface area contributed by atoms with Crippen LogP contribution in [0.5, 0.6) is 5.75 Å². The number of aromatic nitrogens is 3. The largest absolute Gasteiger partial charge is 0.497 e. The Kier molecular flexibility index (Phi) is 5.51. The molecule has 1 aliphatic heterocycles. The van der Waals surface area contributed by atoms with Crippen LogP contribution < -0.4 is 20.5 Å². The van der Waals surface area contributed by atoms with Crippen LogP contribution in [0.2, 0.25) is 0 Å². The fourth-order valence-corrected chi connectivity index (χ4v) is 3.59. The molecule has 156 valence electrons. The van der Waals surface area contributed by atoms with E-state index in [2.05, 4.69) is 15.3 Å². The lowest BCUT2D eigenvalue weighted by Crippen LogP contribution is -2.51. The number of methoxy groups -OCH3 is 1. The van der Waals surface area contributed by atoms with Gasteiger partial charge in [0.25, 0.3) is 5.56 Å². The lowest BCUT2D eigenvalue weighted by molar-refractivity contribution is 0.208. The first-order valence-corrected chi connectivity index (χ1v) is 9.91. The van der Waals surface area contributed by atoms with Gasteiger partial charge in [0.2, 0.25) is 0 Å². The third-order valence-electron chi connectivity index (χ3n) is 5.19. The summed E-state index contributed by atoms with van der Waals surface area (Å²) in [6.07, 6.45) is 1.66. The van der Waals surface area contributed by atoms with Gasteiger partial charge in [-0.3, -0.25) is 9.36 Å². The van der Waals surface area contributed by atoms with Gasteiger partial charge in [-0.05, 0) is 31.2 Å². The molecule has 9 nitrogen and oxygen atoms in total. The Hall–Kier alpha value is -3.62. The van der Waals surface area contributed by atoms with Gasteiger partial charge in [0.1, 0.15) is 11.3 Å². The normalized spacial score (nSPS) is 14.1. The van der Waals surface area contributed by atoms with Gasteiger partial charge in [-0.15, -0.1) is 0 Å². The Bertz CT molecular complexity index is 1120. The minimum atomic E-state index is -0.176. The van der Waals surface area contributed by atoms with Crippen LogP contribution in [0, 0.1) is 0 Å². The number of anilines is 2. The molecule has 4 rings (SSSR count). The molecular formula is C21H24N6O3. The minimum absolute atomic E-state index is 0.155. The van der Waals surface area contributed by atoms with Gasteiger partial charge >= 0.3 is 6.03 Å². The van der Waals surface area contributed by atoms with Crippen LogP contribution in [-0.2, 0) is 6.54 Å². The molecule has 1 aliphatic rings. The molecule has 2 aromatic heterocycles. The smallest absolute Gasteiger partial charge is 0.321 e. The Balaban J connectivity index is 1.47. The summed E-state index contributed by atoms with van der Waals surface area (Å²) in [7, 11) is 1.59. The van der Waals surface area contributed by atoms with E-state index in [1.54, 1.807) is 28.8 Å². The first-order chi connectivity index (χ1) is 14.6. The van der Waals surface area contributed by atoms with Crippen molar-refractivity contribution < 1.29 is 9.53 Å². The molecule has 3 aromatic rings. The highest BCUT2D eigenvalue weighted by Crippen LogP contribution is 2.18. The standard InChI is InChI=1S/C21H24N6O3/c1-3-27-18-17(8-5-9-22-18)24-19(20(27)28)25-10-12-26(13-11-25)21(29)23-15-6-4-7-16(14-15)30-2/h4-9,14H,3,10-13H2,1-2H3,(H,23,29). The number of hydrogen-bond acceptors (Lipinski definition) is 6. The molecule has 3 heterocycles. The van der Waals surface area contributed by atoms with Crippen molar-refractivity contribution in [2.45, 2.75) is 13.5 Å². The van der Waals surface area contributed by atoms with Crippen LogP contribution in [0.15, 0.2) is 47.4 Å². The number of urea groups is 1. The Morgan fingerprint density at radius 3 is 2.70 bits per heavy atom. The molecule has 0 saturated carbocycles. The predicted molar refractivity (Wildman–Crippen MR) is 115 cm³/mol. The summed E-state index contributed by atoms with van der Waals surface area (Å²) in [5, 5.41) is 2.89. The van der Waals surface area contributed by atoms with Gasteiger partial charge in [0, 0.05) is 50.7 Å². The van der Waals surface area contributed by atoms with Crippen molar-refractivity contribution in [1.29, 1.82) is 0 Å². The van der Waals surface area contributed by atoms with Gasteiger partial charge in [0.15, 0.2) is 11.5 Å². The zero-order chi connectivity index (χ0) is 21.1. The Morgan fingerprint density at radius 2 is 1.97 bits per heavy atom. The van der Waals surface area contributed by atoms with Crippen molar-refractivity contribution in [2.75, 3.05) is 43.5 Å². The lowest BCUT2D eigenvalue weighted by atomic mass is 10.3. The molecule has 0 spiro atoms. The van der Waals surface area contributed by atoms with Gasteiger partial charge < -0.3 is 19.9 Å². The molecular weight excluding hydrogens is 384 g/mol. The summed E-state index contributed by atoms with van der Waals surface area (Å²) in [6.45, 7) is 4.49. The maximum atomic E-state index is 12.9. The van der Waals surface area contributed by atoms with E-state index in [0.717, 1.165) is 0 Å². The van der Waals surface area contributed by atoms with Crippen molar-refractivity contribution in [3.63, 3.8) is 0 Å². The molecule has 0 atom stereocenters. The van der Waals surface area contributed by atoms with Gasteiger partial charge in [0.05, 0.1) is 7.11 Å². The monoisotopic (exact) mass is 408 g/mol. The maximum absolute atomic E-state index is 12.9. The number of benzene rings is 1. The molecule has 1 saturated heterocycles. The first-order valence-electron chi connectivity index (χ1n) is 9.91. The fourth-order valence-electron chi connectivity index (χ4n) is 3.59. The van der Waals surface area contributed by atoms with Crippen LogP contribution in [-0.4, -0.2) is 58.8 Å². The number of hydrogen-bond donors (Lipinski definition) is 1. The summed E-state index contributed by atoms with van der Waals surface area (Å²) < 4.78 is 6.83. The zero-order valence-corrected chi connectivity index (χ0v) is 17.0. The number of aryl methyl sites for hydroxylation is 1. The average Bonchev–Trinajstić information content (AvgIpc) is 2.79. The van der Waals surface area contributed by atoms with Crippen molar-refractivity contribution in [2.24, 2.45) is 0 Å². The van der Waals surface area contributed by atoms with E-state index >= 15 is 0 Å². The second-order valence-corrected chi connectivity index (χ2v) is 6.97. The van der Waals surface area contributed by atoms with E-state index < -0.39 is 0 Å². The second kappa shape index (κ2) is 8.40. The molecule has 0 radical (unpaired) electrons. The highest BCUT2D eigenvalue weighted by Gasteiger charge is 2.25. The number of fused-ring (bicyclic) bond motifs is 1. The zero-order valence-electron chi connectivity index (χ0n) is 17.0. The topological polar surface area (TPSA) is 92.6 Å². The van der Waals surface area contributed by atoms with Crippen molar-refractivity contribution in [3.05, 3.63) is 52.9 Å². The predicted octanol–water partition coefficient (Wildman–Crippen LogP) is 2.17. The highest BCUT2D eigenvalue weighted by atomic mass is 16.5. The van der Waals surface area contributed by atoms with E-state index in [0.29, 0.717) is 61.1 Å². The third-order valence-corrected chi connectivity index (χ3v) is 5.19. The van der Waals surface area contributed by atoms with Crippen molar-refractivity contribution in [3.8, 4) is 5.75 Å². The summed E-state index contributed by atoms with van der Waals surface area (Å²) in [4.78, 5) is 38.1. The van der Waals surface area contributed by atoms with E-state index in [-0.39, 0.29) is 11.6 Å². The second-order valence-electron chi connectivity index (χ2n) is 6.97. The molecule has 1 aromatic carbocycles. The average molecular weight is 408 g/mol. The SMILES string of the molecule is CCn1c(=O)c(N2CCN(C(=O)Nc3cccc(OC)c3)CC2)nc2cccnc21. The molecule has 0 aliphatic carbocycles. The molecule has 1 fully saturated rings. The number of rotatable bonds is 4. The summed E-state index contributed by atoms with van der Waals surface area (Å²) in [5.74, 6) is 1.09. The van der Waals surface area contributed by atoms with Crippen molar-refractivity contribution in [1.82, 2.24) is 19.4 Å². The summed E-state index contributed by atoms with van der Waals surface area (Å²) >= 11 is 0. The van der Waals surface area contributed by atoms with Gasteiger partial charge in [-0.1, -0.05) is 6.07 Å². The number of nitrogens with one attached hydrogen (secondary N) is 1. The number of carbonyl (C=O) groups is 1. The molecule has 1 N–H and O–H groups in total. The number of carbonyl (C=O) groups excluding carboxylic acids is 1. The number of piperazine rings is 1. The lowest BCUT2D eigenvalue weighted by Gasteiger charge is -2.35. The van der Waals surface area contributed by atoms with Crippen LogP contribution >= 0.6 is 0 Å². The van der Waals surface area contributed by atoms with E-state index in [1.165, 1.54) is 0 Å². The van der Waals surface area contributed by atoms with Crippen molar-refractivity contribution >= 4 is 28.7 Å². The van der Waals surface area contributed by atoms with Crippen LogP contribution in [0.25, 0.3) is 11.2 Å². The van der Waals surface area contributed by atoms with Crippen LogP contribution in [0.3, 0.4) is 0 Å². The Morgan fingerprint density at radius 1 is 1.17 bits per heavy atom. The number of amides is 2. The fraction of sp³-hybridized carbons (Fsp3) is 0.333. The quantitative estimate of drug-likeness (QED) is 0.711. The van der Waals surface area contributed by atoms with Crippen LogP contribution in [0.4, 0.5) is 16.3 Å². The van der Waals surface area contributed by atoms with Gasteiger partial charge in [-0.25, -0.2) is 14.8 Å². The van der Waals surface area contributed by atoms with E-state index in [9.17, 15) is 9.59 Å². The van der Waals surface area contributed by atoms with E-state index in [4.69, 9.17) is 4.74 Å². The summed E-state index contributed by atoms with van der Waals surface area (Å²) in [5.41, 5.74) is 1.80. The molecule has 9 heteroatoms. The minimum Gasteiger partial charge on any atom is -0.497 e. The number of nitrogens with zero attached hydrogens (tertiary/aromatic N) is 5. The number of ether oxygens (including phenoxy) is 1. The highest BCUT2D eigenvalue weighted by molar-refractivity contribution is 5.89. The molecule has 0 unspecified atom stereocenters.